The van der Waals surface area contributed by atoms with Crippen LogP contribution >= 0.6 is 0 Å². The van der Waals surface area contributed by atoms with E-state index in [2.05, 4.69) is 5.32 Å². The van der Waals surface area contributed by atoms with Crippen LogP contribution in [0.4, 0.5) is 0 Å². The molecule has 0 radical (unpaired) electrons. The van der Waals surface area contributed by atoms with E-state index in [1.54, 1.807) is 0 Å². The molecule has 2 unspecified atom stereocenters. The third kappa shape index (κ3) is 4.83. The Morgan fingerprint density at radius 2 is 1.62 bits per heavy atom. The molecule has 0 aliphatic carbocycles. The summed E-state index contributed by atoms with van der Waals surface area (Å²) in [6, 6.07) is 17.3. The third-order valence-electron chi connectivity index (χ3n) is 3.86. The predicted molar refractivity (Wildman–Crippen MR) is 97.0 cm³/mol. The standard InChI is InChI=1S/C20H26N2O2/c1-14(2)24-18-11-9-16(10-12-18)15(3)22-20(23)19(13-21)17-7-5-4-6-8-17/h4-12,14-15,19H,13,21H2,1-3H3,(H,22,23). The second-order valence-electron chi connectivity index (χ2n) is 6.16. The minimum atomic E-state index is -0.336. The van der Waals surface area contributed by atoms with Crippen LogP contribution in [0, 0.1) is 0 Å². The lowest BCUT2D eigenvalue weighted by molar-refractivity contribution is -0.123. The first kappa shape index (κ1) is 18.0. The number of nitrogens with one attached hydrogen (secondary N) is 1. The highest BCUT2D eigenvalue weighted by molar-refractivity contribution is 5.84. The van der Waals surface area contributed by atoms with Crippen LogP contribution in [0.5, 0.6) is 5.75 Å². The van der Waals surface area contributed by atoms with Gasteiger partial charge in [-0.1, -0.05) is 42.5 Å². The lowest BCUT2D eigenvalue weighted by Gasteiger charge is -2.20. The topological polar surface area (TPSA) is 64.3 Å². The lowest BCUT2D eigenvalue weighted by atomic mass is 9.97. The van der Waals surface area contributed by atoms with Crippen molar-refractivity contribution in [2.45, 2.75) is 38.8 Å². The molecule has 2 aromatic carbocycles. The number of hydrogen-bond donors (Lipinski definition) is 2. The zero-order valence-electron chi connectivity index (χ0n) is 14.5. The van der Waals surface area contributed by atoms with Crippen molar-refractivity contribution < 1.29 is 9.53 Å². The molecule has 24 heavy (non-hydrogen) atoms. The molecule has 0 saturated heterocycles. The second-order valence-corrected chi connectivity index (χ2v) is 6.16. The molecule has 128 valence electrons. The van der Waals surface area contributed by atoms with Crippen LogP contribution < -0.4 is 15.8 Å². The van der Waals surface area contributed by atoms with E-state index in [-0.39, 0.29) is 30.5 Å². The van der Waals surface area contributed by atoms with Crippen molar-refractivity contribution in [3.63, 3.8) is 0 Å². The minimum absolute atomic E-state index is 0.0568. The average molecular weight is 326 g/mol. The lowest BCUT2D eigenvalue weighted by Crippen LogP contribution is -2.35. The third-order valence-corrected chi connectivity index (χ3v) is 3.86. The van der Waals surface area contributed by atoms with Crippen molar-refractivity contribution in [1.82, 2.24) is 5.32 Å². The summed E-state index contributed by atoms with van der Waals surface area (Å²) in [5, 5.41) is 3.05. The molecule has 0 aliphatic rings. The Labute approximate surface area is 144 Å². The van der Waals surface area contributed by atoms with Gasteiger partial charge >= 0.3 is 0 Å². The molecule has 3 N–H and O–H groups in total. The fourth-order valence-electron chi connectivity index (χ4n) is 2.58. The Kier molecular flexibility index (Phi) is 6.38. The molecule has 0 fully saturated rings. The van der Waals surface area contributed by atoms with Crippen LogP contribution in [0.2, 0.25) is 0 Å². The number of rotatable bonds is 7. The highest BCUT2D eigenvalue weighted by atomic mass is 16.5. The zero-order valence-corrected chi connectivity index (χ0v) is 14.5. The first-order valence-corrected chi connectivity index (χ1v) is 8.33. The molecule has 0 heterocycles. The molecule has 4 heteroatoms. The van der Waals surface area contributed by atoms with Crippen LogP contribution in [0.15, 0.2) is 54.6 Å². The summed E-state index contributed by atoms with van der Waals surface area (Å²) in [5.41, 5.74) is 7.78. The fraction of sp³-hybridized carbons (Fsp3) is 0.350. The zero-order chi connectivity index (χ0) is 17.5. The van der Waals surface area contributed by atoms with E-state index in [1.807, 2.05) is 75.4 Å². The molecule has 2 atom stereocenters. The average Bonchev–Trinajstić information content (AvgIpc) is 2.56. The highest BCUT2D eigenvalue weighted by Crippen LogP contribution is 2.20. The summed E-state index contributed by atoms with van der Waals surface area (Å²) in [6.07, 6.45) is 0.143. The summed E-state index contributed by atoms with van der Waals surface area (Å²) in [7, 11) is 0. The number of nitrogens with two attached hydrogens (primary N) is 1. The number of carbonyl (C=O) groups excluding carboxylic acids is 1. The molecule has 2 aromatic rings. The van der Waals surface area contributed by atoms with Crippen LogP contribution in [0.3, 0.4) is 0 Å². The van der Waals surface area contributed by atoms with Gasteiger partial charge < -0.3 is 15.8 Å². The molecule has 0 aromatic heterocycles. The van der Waals surface area contributed by atoms with Crippen molar-refractivity contribution in [3.05, 3.63) is 65.7 Å². The number of carbonyl (C=O) groups is 1. The number of amides is 1. The largest absolute Gasteiger partial charge is 0.491 e. The normalized spacial score (nSPS) is 13.4. The van der Waals surface area contributed by atoms with Crippen molar-refractivity contribution in [2.24, 2.45) is 5.73 Å². The Morgan fingerprint density at radius 3 is 2.17 bits per heavy atom. The summed E-state index contributed by atoms with van der Waals surface area (Å²) in [5.74, 6) is 0.437. The monoisotopic (exact) mass is 326 g/mol. The highest BCUT2D eigenvalue weighted by Gasteiger charge is 2.20. The molecule has 0 saturated carbocycles. The van der Waals surface area contributed by atoms with Gasteiger partial charge in [-0.25, -0.2) is 0 Å². The molecular weight excluding hydrogens is 300 g/mol. The maximum atomic E-state index is 12.6. The Hall–Kier alpha value is -2.33. The maximum absolute atomic E-state index is 12.6. The van der Waals surface area contributed by atoms with Gasteiger partial charge in [0.2, 0.25) is 5.91 Å². The van der Waals surface area contributed by atoms with Gasteiger partial charge in [0.1, 0.15) is 5.75 Å². The van der Waals surface area contributed by atoms with Crippen LogP contribution in [-0.2, 0) is 4.79 Å². The van der Waals surface area contributed by atoms with Gasteiger partial charge in [-0.3, -0.25) is 4.79 Å². The van der Waals surface area contributed by atoms with Crippen molar-refractivity contribution in [2.75, 3.05) is 6.54 Å². The molecular formula is C20H26N2O2. The van der Waals surface area contributed by atoms with Crippen molar-refractivity contribution in [3.8, 4) is 5.75 Å². The summed E-state index contributed by atoms with van der Waals surface area (Å²) in [4.78, 5) is 12.6. The Balaban J connectivity index is 2.02. The molecule has 0 aliphatic heterocycles. The summed E-state index contributed by atoms with van der Waals surface area (Å²) < 4.78 is 5.64. The van der Waals surface area contributed by atoms with Gasteiger partial charge in [0.15, 0.2) is 0 Å². The molecule has 0 spiro atoms. The van der Waals surface area contributed by atoms with E-state index < -0.39 is 0 Å². The van der Waals surface area contributed by atoms with Gasteiger partial charge in [-0.05, 0) is 44.0 Å². The quantitative estimate of drug-likeness (QED) is 0.819. The number of ether oxygens (including phenoxy) is 1. The van der Waals surface area contributed by atoms with Gasteiger partial charge in [0.05, 0.1) is 18.1 Å². The Bertz CT molecular complexity index is 638. The van der Waals surface area contributed by atoms with Crippen molar-refractivity contribution >= 4 is 5.91 Å². The first-order valence-electron chi connectivity index (χ1n) is 8.33. The SMILES string of the molecule is CC(C)Oc1ccc(C(C)NC(=O)C(CN)c2ccccc2)cc1. The van der Waals surface area contributed by atoms with Crippen LogP contribution in [-0.4, -0.2) is 18.6 Å². The van der Waals surface area contributed by atoms with E-state index in [4.69, 9.17) is 10.5 Å². The van der Waals surface area contributed by atoms with Crippen LogP contribution in [0.25, 0.3) is 0 Å². The summed E-state index contributed by atoms with van der Waals surface area (Å²) in [6.45, 7) is 6.24. The van der Waals surface area contributed by atoms with E-state index in [0.717, 1.165) is 16.9 Å². The Morgan fingerprint density at radius 1 is 1.00 bits per heavy atom. The second kappa shape index (κ2) is 8.50. The van der Waals surface area contributed by atoms with E-state index >= 15 is 0 Å². The molecule has 1 amide bonds. The van der Waals surface area contributed by atoms with Gasteiger partial charge in [0, 0.05) is 6.54 Å². The number of hydrogen-bond acceptors (Lipinski definition) is 3. The van der Waals surface area contributed by atoms with E-state index in [1.165, 1.54) is 0 Å². The van der Waals surface area contributed by atoms with Gasteiger partial charge in [-0.2, -0.15) is 0 Å². The summed E-state index contributed by atoms with van der Waals surface area (Å²) >= 11 is 0. The molecule has 4 nitrogen and oxygen atoms in total. The first-order chi connectivity index (χ1) is 11.5. The molecule has 2 rings (SSSR count). The smallest absolute Gasteiger partial charge is 0.229 e. The van der Waals surface area contributed by atoms with Crippen LogP contribution in [0.1, 0.15) is 43.9 Å². The van der Waals surface area contributed by atoms with E-state index in [9.17, 15) is 4.79 Å². The number of benzene rings is 2. The maximum Gasteiger partial charge on any atom is 0.229 e. The van der Waals surface area contributed by atoms with Gasteiger partial charge in [0.25, 0.3) is 0 Å². The van der Waals surface area contributed by atoms with E-state index in [0.29, 0.717) is 0 Å². The molecule has 0 bridgehead atoms. The predicted octanol–water partition coefficient (Wildman–Crippen LogP) is 3.39. The van der Waals surface area contributed by atoms with Crippen molar-refractivity contribution in [1.29, 1.82) is 0 Å². The fourth-order valence-corrected chi connectivity index (χ4v) is 2.58. The minimum Gasteiger partial charge on any atom is -0.491 e. The van der Waals surface area contributed by atoms with Gasteiger partial charge in [-0.15, -0.1) is 0 Å².